The zero-order valence-corrected chi connectivity index (χ0v) is 17.4. The number of aliphatic hydroxyl groups is 1. The van der Waals surface area contributed by atoms with Crippen molar-refractivity contribution in [3.05, 3.63) is 0 Å². The summed E-state index contributed by atoms with van der Waals surface area (Å²) in [7, 11) is 0. The number of ether oxygens (including phenoxy) is 1. The molecule has 1 saturated heterocycles. The lowest BCUT2D eigenvalue weighted by Crippen LogP contribution is -2.54. The highest BCUT2D eigenvalue weighted by Crippen LogP contribution is 2.51. The van der Waals surface area contributed by atoms with E-state index in [-0.39, 0.29) is 5.54 Å². The number of rotatable bonds is 2. The number of carbonyl (C=O) groups is 1. The summed E-state index contributed by atoms with van der Waals surface area (Å²) in [5.74, 6) is -0.607. The molecule has 4 fully saturated rings. The van der Waals surface area contributed by atoms with Crippen LogP contribution in [0.3, 0.4) is 0 Å². The van der Waals surface area contributed by atoms with E-state index in [1.807, 2.05) is 13.8 Å². The second kappa shape index (κ2) is 11.9. The molecule has 0 unspecified atom stereocenters. The zero-order valence-electron chi connectivity index (χ0n) is 17.4. The molecule has 0 spiro atoms. The predicted octanol–water partition coefficient (Wildman–Crippen LogP) is 3.05. The average Bonchev–Trinajstić information content (AvgIpc) is 2.66. The quantitative estimate of drug-likeness (QED) is 0.590. The van der Waals surface area contributed by atoms with Gasteiger partial charge in [-0.25, -0.2) is 0 Å². The SMILES string of the molecule is CC.CCC.NC12CCC(C(=O)O)(CC1)CC2.NCC1(O)CCOCC1. The first-order valence-corrected chi connectivity index (χ1v) is 10.3. The summed E-state index contributed by atoms with van der Waals surface area (Å²) >= 11 is 0. The van der Waals surface area contributed by atoms with Crippen molar-refractivity contribution in [3.63, 3.8) is 0 Å². The molecule has 0 radical (unpaired) electrons. The summed E-state index contributed by atoms with van der Waals surface area (Å²) in [4.78, 5) is 11.0. The Morgan fingerprint density at radius 1 is 0.962 bits per heavy atom. The highest BCUT2D eigenvalue weighted by atomic mass is 16.5. The standard InChI is InChI=1S/C9H15NO2.C6H13NO2.C3H8.C2H6/c10-9-4-1-8(2-5-9,3-6-9)7(11)12;7-5-6(8)1-3-9-4-2-6;1-3-2;1-2/h1-6,10H2,(H,11,12);8H,1-5,7H2;3H2,1-2H3;1-2H3. The van der Waals surface area contributed by atoms with Gasteiger partial charge in [-0.15, -0.1) is 0 Å². The Labute approximate surface area is 159 Å². The predicted molar refractivity (Wildman–Crippen MR) is 106 cm³/mol. The first-order valence-electron chi connectivity index (χ1n) is 10.3. The van der Waals surface area contributed by atoms with Crippen molar-refractivity contribution in [2.75, 3.05) is 19.8 Å². The van der Waals surface area contributed by atoms with E-state index in [1.54, 1.807) is 0 Å². The largest absolute Gasteiger partial charge is 0.481 e. The Balaban J connectivity index is 0.000000397. The van der Waals surface area contributed by atoms with Gasteiger partial charge in [-0.05, 0) is 38.5 Å². The van der Waals surface area contributed by atoms with Crippen molar-refractivity contribution in [2.45, 2.75) is 96.6 Å². The Morgan fingerprint density at radius 3 is 1.62 bits per heavy atom. The maximum Gasteiger partial charge on any atom is 0.309 e. The van der Waals surface area contributed by atoms with Gasteiger partial charge >= 0.3 is 5.97 Å². The van der Waals surface area contributed by atoms with Gasteiger partial charge in [-0.1, -0.05) is 34.1 Å². The van der Waals surface area contributed by atoms with Crippen molar-refractivity contribution in [3.8, 4) is 0 Å². The molecule has 156 valence electrons. The van der Waals surface area contributed by atoms with Gasteiger partial charge < -0.3 is 26.4 Å². The maximum absolute atomic E-state index is 11.0. The number of carboxylic acids is 1. The first-order chi connectivity index (χ1) is 12.2. The molecule has 3 saturated carbocycles. The lowest BCUT2D eigenvalue weighted by Gasteiger charge is -2.49. The van der Waals surface area contributed by atoms with Gasteiger partial charge in [0.05, 0.1) is 11.0 Å². The third kappa shape index (κ3) is 7.51. The molecule has 6 N–H and O–H groups in total. The normalized spacial score (nSPS) is 31.2. The summed E-state index contributed by atoms with van der Waals surface area (Å²) in [5, 5.41) is 18.5. The minimum absolute atomic E-state index is 0.0167. The van der Waals surface area contributed by atoms with E-state index in [1.165, 1.54) is 6.42 Å². The second-order valence-electron chi connectivity index (χ2n) is 7.70. The minimum atomic E-state index is -0.627. The van der Waals surface area contributed by atoms with Crippen LogP contribution in [0.2, 0.25) is 0 Å². The molecule has 0 amide bonds. The molecular weight excluding hydrogens is 332 g/mol. The summed E-state index contributed by atoms with van der Waals surface area (Å²) in [6, 6.07) is 0. The van der Waals surface area contributed by atoms with Crippen LogP contribution in [0.1, 0.15) is 85.5 Å². The molecule has 3 aliphatic carbocycles. The fourth-order valence-corrected chi connectivity index (χ4v) is 3.49. The minimum Gasteiger partial charge on any atom is -0.481 e. The third-order valence-electron chi connectivity index (χ3n) is 5.56. The fourth-order valence-electron chi connectivity index (χ4n) is 3.49. The number of hydrogen-bond donors (Lipinski definition) is 4. The summed E-state index contributed by atoms with van der Waals surface area (Å²) in [6.45, 7) is 9.90. The van der Waals surface area contributed by atoms with E-state index in [4.69, 9.17) is 21.3 Å². The lowest BCUT2D eigenvalue weighted by atomic mass is 9.58. The van der Waals surface area contributed by atoms with Crippen LogP contribution in [0.25, 0.3) is 0 Å². The molecule has 0 aromatic carbocycles. The van der Waals surface area contributed by atoms with Crippen LogP contribution in [0.4, 0.5) is 0 Å². The maximum atomic E-state index is 11.0. The zero-order chi connectivity index (χ0) is 20.3. The Hall–Kier alpha value is -0.690. The van der Waals surface area contributed by atoms with Crippen LogP contribution in [0.15, 0.2) is 0 Å². The highest BCUT2D eigenvalue weighted by molar-refractivity contribution is 5.75. The van der Waals surface area contributed by atoms with E-state index in [2.05, 4.69) is 13.8 Å². The van der Waals surface area contributed by atoms with Crippen molar-refractivity contribution in [2.24, 2.45) is 16.9 Å². The van der Waals surface area contributed by atoms with E-state index in [9.17, 15) is 9.90 Å². The fraction of sp³-hybridized carbons (Fsp3) is 0.950. The van der Waals surface area contributed by atoms with E-state index >= 15 is 0 Å². The van der Waals surface area contributed by atoms with Gasteiger partial charge in [-0.2, -0.15) is 0 Å². The van der Waals surface area contributed by atoms with Crippen molar-refractivity contribution >= 4 is 5.97 Å². The van der Waals surface area contributed by atoms with Crippen LogP contribution in [0, 0.1) is 5.41 Å². The Morgan fingerprint density at radius 2 is 1.35 bits per heavy atom. The second-order valence-corrected chi connectivity index (χ2v) is 7.70. The average molecular weight is 375 g/mol. The van der Waals surface area contributed by atoms with Crippen LogP contribution in [0.5, 0.6) is 0 Å². The van der Waals surface area contributed by atoms with E-state index < -0.39 is 17.0 Å². The number of nitrogens with two attached hydrogens (primary N) is 2. The van der Waals surface area contributed by atoms with Gasteiger partial charge in [0, 0.05) is 38.1 Å². The van der Waals surface area contributed by atoms with Crippen LogP contribution < -0.4 is 11.5 Å². The monoisotopic (exact) mass is 374 g/mol. The molecular formula is C20H42N2O4. The lowest BCUT2D eigenvalue weighted by molar-refractivity contribution is -0.155. The number of hydrogen-bond acceptors (Lipinski definition) is 5. The Bertz CT molecular complexity index is 371. The highest BCUT2D eigenvalue weighted by Gasteiger charge is 2.50. The van der Waals surface area contributed by atoms with Crippen molar-refractivity contribution < 1.29 is 19.7 Å². The van der Waals surface area contributed by atoms with Gasteiger partial charge in [-0.3, -0.25) is 4.79 Å². The topological polar surface area (TPSA) is 119 Å². The molecule has 26 heavy (non-hydrogen) atoms. The molecule has 6 heteroatoms. The van der Waals surface area contributed by atoms with Gasteiger partial charge in [0.2, 0.25) is 0 Å². The van der Waals surface area contributed by atoms with Crippen LogP contribution in [-0.4, -0.2) is 47.1 Å². The van der Waals surface area contributed by atoms with Gasteiger partial charge in [0.25, 0.3) is 0 Å². The molecule has 1 heterocycles. The van der Waals surface area contributed by atoms with Gasteiger partial charge in [0.15, 0.2) is 0 Å². The van der Waals surface area contributed by atoms with E-state index in [0.717, 1.165) is 38.5 Å². The van der Waals surface area contributed by atoms with Crippen LogP contribution in [-0.2, 0) is 9.53 Å². The van der Waals surface area contributed by atoms with Crippen molar-refractivity contribution in [1.82, 2.24) is 0 Å². The number of carboxylic acid groups (broad SMARTS) is 1. The Kier molecular flexibility index (Phi) is 11.6. The summed E-state index contributed by atoms with van der Waals surface area (Å²) in [6.07, 6.45) is 7.70. The number of fused-ring (bicyclic) bond motifs is 3. The molecule has 4 rings (SSSR count). The van der Waals surface area contributed by atoms with Crippen LogP contribution >= 0.6 is 0 Å². The van der Waals surface area contributed by atoms with Gasteiger partial charge in [0.1, 0.15) is 0 Å². The molecule has 0 aromatic rings. The number of aliphatic carboxylic acids is 1. The van der Waals surface area contributed by atoms with Crippen molar-refractivity contribution in [1.29, 1.82) is 0 Å². The third-order valence-corrected chi connectivity index (χ3v) is 5.56. The molecule has 4 aliphatic rings. The summed E-state index contributed by atoms with van der Waals surface area (Å²) < 4.78 is 5.05. The molecule has 0 atom stereocenters. The molecule has 1 aliphatic heterocycles. The summed E-state index contributed by atoms with van der Waals surface area (Å²) in [5.41, 5.74) is 10.3. The molecule has 6 nitrogen and oxygen atoms in total. The smallest absolute Gasteiger partial charge is 0.309 e. The van der Waals surface area contributed by atoms with E-state index in [0.29, 0.717) is 32.6 Å². The molecule has 0 aromatic heterocycles. The first kappa shape index (κ1) is 25.3. The molecule has 2 bridgehead atoms.